The molecule has 19 heavy (non-hydrogen) atoms. The summed E-state index contributed by atoms with van der Waals surface area (Å²) in [6, 6.07) is 13.4. The monoisotopic (exact) mass is 287 g/mol. The quantitative estimate of drug-likeness (QED) is 0.714. The largest absolute Gasteiger partial charge is 0.306 e. The first-order valence-electron chi connectivity index (χ1n) is 6.55. The van der Waals surface area contributed by atoms with Gasteiger partial charge in [0.2, 0.25) is 0 Å². The SMILES string of the molecule is CCNC(c1ccc(C)s1)c1csc2ccccc12. The highest BCUT2D eigenvalue weighted by molar-refractivity contribution is 7.17. The lowest BCUT2D eigenvalue weighted by Gasteiger charge is -2.16. The number of hydrogen-bond donors (Lipinski definition) is 1. The summed E-state index contributed by atoms with van der Waals surface area (Å²) in [5, 5.41) is 7.30. The van der Waals surface area contributed by atoms with Crippen LogP contribution < -0.4 is 5.32 Å². The van der Waals surface area contributed by atoms with Crippen molar-refractivity contribution in [1.29, 1.82) is 0 Å². The Balaban J connectivity index is 2.09. The zero-order valence-electron chi connectivity index (χ0n) is 11.1. The van der Waals surface area contributed by atoms with E-state index in [0.29, 0.717) is 6.04 Å². The Morgan fingerprint density at radius 2 is 2.00 bits per heavy atom. The molecule has 0 spiro atoms. The number of benzene rings is 1. The lowest BCUT2D eigenvalue weighted by atomic mass is 10.0. The topological polar surface area (TPSA) is 12.0 Å². The van der Waals surface area contributed by atoms with Crippen LogP contribution in [0.2, 0.25) is 0 Å². The van der Waals surface area contributed by atoms with Crippen LogP contribution in [0.4, 0.5) is 0 Å². The first-order valence-corrected chi connectivity index (χ1v) is 8.25. The molecule has 3 rings (SSSR count). The Hall–Kier alpha value is -1.16. The van der Waals surface area contributed by atoms with E-state index >= 15 is 0 Å². The third-order valence-corrected chi connectivity index (χ3v) is 5.32. The van der Waals surface area contributed by atoms with E-state index in [1.807, 2.05) is 22.7 Å². The van der Waals surface area contributed by atoms with Crippen LogP contribution in [0.1, 0.15) is 28.3 Å². The van der Waals surface area contributed by atoms with Crippen LogP contribution in [0.25, 0.3) is 10.1 Å². The van der Waals surface area contributed by atoms with E-state index in [1.165, 1.54) is 25.4 Å². The number of fused-ring (bicyclic) bond motifs is 1. The normalized spacial score (nSPS) is 12.9. The zero-order chi connectivity index (χ0) is 13.2. The van der Waals surface area contributed by atoms with Crippen molar-refractivity contribution in [3.05, 3.63) is 57.1 Å². The lowest BCUT2D eigenvalue weighted by Crippen LogP contribution is -2.20. The van der Waals surface area contributed by atoms with Crippen molar-refractivity contribution in [2.24, 2.45) is 0 Å². The van der Waals surface area contributed by atoms with E-state index in [4.69, 9.17) is 0 Å². The van der Waals surface area contributed by atoms with Gasteiger partial charge >= 0.3 is 0 Å². The maximum absolute atomic E-state index is 3.62. The van der Waals surface area contributed by atoms with Gasteiger partial charge in [-0.15, -0.1) is 22.7 Å². The number of nitrogens with one attached hydrogen (secondary N) is 1. The van der Waals surface area contributed by atoms with Crippen LogP contribution in [0.3, 0.4) is 0 Å². The van der Waals surface area contributed by atoms with E-state index in [2.05, 4.69) is 60.9 Å². The Morgan fingerprint density at radius 3 is 2.74 bits per heavy atom. The van der Waals surface area contributed by atoms with Gasteiger partial charge in [-0.1, -0.05) is 25.1 Å². The summed E-state index contributed by atoms with van der Waals surface area (Å²) in [5.41, 5.74) is 1.41. The summed E-state index contributed by atoms with van der Waals surface area (Å²) < 4.78 is 1.37. The molecule has 0 saturated carbocycles. The van der Waals surface area contributed by atoms with Gasteiger partial charge in [0.15, 0.2) is 0 Å². The summed E-state index contributed by atoms with van der Waals surface area (Å²) in [6.07, 6.45) is 0. The molecule has 0 saturated heterocycles. The fraction of sp³-hybridized carbons (Fsp3) is 0.250. The summed E-state index contributed by atoms with van der Waals surface area (Å²) in [7, 11) is 0. The predicted octanol–water partition coefficient (Wildman–Crippen LogP) is 4.97. The molecule has 0 fully saturated rings. The molecule has 0 aliphatic heterocycles. The minimum Gasteiger partial charge on any atom is -0.306 e. The van der Waals surface area contributed by atoms with Gasteiger partial charge < -0.3 is 5.32 Å². The van der Waals surface area contributed by atoms with Gasteiger partial charge in [-0.3, -0.25) is 0 Å². The minimum atomic E-state index is 0.319. The van der Waals surface area contributed by atoms with Crippen molar-refractivity contribution in [1.82, 2.24) is 5.32 Å². The molecular weight excluding hydrogens is 270 g/mol. The van der Waals surface area contributed by atoms with Gasteiger partial charge in [0.05, 0.1) is 6.04 Å². The molecule has 0 aliphatic carbocycles. The maximum Gasteiger partial charge on any atom is 0.0685 e. The molecule has 1 N–H and O–H groups in total. The molecule has 3 aromatic rings. The molecule has 1 nitrogen and oxygen atoms in total. The van der Waals surface area contributed by atoms with E-state index < -0.39 is 0 Å². The Morgan fingerprint density at radius 1 is 1.16 bits per heavy atom. The highest BCUT2D eigenvalue weighted by atomic mass is 32.1. The zero-order valence-corrected chi connectivity index (χ0v) is 12.8. The van der Waals surface area contributed by atoms with Gasteiger partial charge in [0.1, 0.15) is 0 Å². The van der Waals surface area contributed by atoms with Gasteiger partial charge in [-0.25, -0.2) is 0 Å². The molecule has 1 aromatic carbocycles. The third-order valence-electron chi connectivity index (χ3n) is 3.28. The highest BCUT2D eigenvalue weighted by Gasteiger charge is 2.18. The van der Waals surface area contributed by atoms with Crippen molar-refractivity contribution >= 4 is 32.8 Å². The number of hydrogen-bond acceptors (Lipinski definition) is 3. The summed E-state index contributed by atoms with van der Waals surface area (Å²) in [4.78, 5) is 2.78. The molecule has 3 heteroatoms. The van der Waals surface area contributed by atoms with E-state index in [1.54, 1.807) is 0 Å². The number of aryl methyl sites for hydroxylation is 1. The summed E-state index contributed by atoms with van der Waals surface area (Å²) >= 11 is 3.72. The minimum absolute atomic E-state index is 0.319. The molecule has 0 radical (unpaired) electrons. The van der Waals surface area contributed by atoms with E-state index in [0.717, 1.165) is 6.54 Å². The first kappa shape index (κ1) is 12.9. The van der Waals surface area contributed by atoms with Crippen LogP contribution in [-0.2, 0) is 0 Å². The fourth-order valence-electron chi connectivity index (χ4n) is 2.40. The van der Waals surface area contributed by atoms with Crippen LogP contribution in [0.15, 0.2) is 41.8 Å². The van der Waals surface area contributed by atoms with Crippen molar-refractivity contribution in [3.8, 4) is 0 Å². The standard InChI is InChI=1S/C16H17NS2/c1-3-17-16(15-9-8-11(2)19-15)13-10-18-14-7-5-4-6-12(13)14/h4-10,16-17H,3H2,1-2H3. The lowest BCUT2D eigenvalue weighted by molar-refractivity contribution is 0.645. The molecule has 2 heterocycles. The summed E-state index contributed by atoms with van der Waals surface area (Å²) in [6.45, 7) is 5.32. The second-order valence-corrected chi connectivity index (χ2v) is 6.86. The Labute approximate surface area is 121 Å². The van der Waals surface area contributed by atoms with Crippen LogP contribution >= 0.6 is 22.7 Å². The smallest absolute Gasteiger partial charge is 0.0685 e. The van der Waals surface area contributed by atoms with Crippen LogP contribution in [0.5, 0.6) is 0 Å². The van der Waals surface area contributed by atoms with Gasteiger partial charge in [0, 0.05) is 14.5 Å². The second-order valence-electron chi connectivity index (χ2n) is 4.63. The maximum atomic E-state index is 3.62. The number of thiophene rings is 2. The van der Waals surface area contributed by atoms with Gasteiger partial charge in [0.25, 0.3) is 0 Å². The third kappa shape index (κ3) is 2.46. The first-order chi connectivity index (χ1) is 9.29. The van der Waals surface area contributed by atoms with Crippen molar-refractivity contribution in [2.45, 2.75) is 19.9 Å². The van der Waals surface area contributed by atoms with Crippen molar-refractivity contribution in [3.63, 3.8) is 0 Å². The molecule has 2 aromatic heterocycles. The predicted molar refractivity (Wildman–Crippen MR) is 86.4 cm³/mol. The average molecular weight is 287 g/mol. The molecule has 0 bridgehead atoms. The van der Waals surface area contributed by atoms with E-state index in [9.17, 15) is 0 Å². The molecule has 1 atom stereocenters. The van der Waals surface area contributed by atoms with Crippen LogP contribution in [-0.4, -0.2) is 6.54 Å². The van der Waals surface area contributed by atoms with E-state index in [-0.39, 0.29) is 0 Å². The number of rotatable bonds is 4. The van der Waals surface area contributed by atoms with Gasteiger partial charge in [-0.2, -0.15) is 0 Å². The van der Waals surface area contributed by atoms with Crippen LogP contribution in [0, 0.1) is 6.92 Å². The molecule has 0 amide bonds. The second kappa shape index (κ2) is 5.45. The summed E-state index contributed by atoms with van der Waals surface area (Å²) in [5.74, 6) is 0. The fourth-order valence-corrected chi connectivity index (χ4v) is 4.36. The Bertz CT molecular complexity index is 681. The van der Waals surface area contributed by atoms with Crippen molar-refractivity contribution < 1.29 is 0 Å². The molecular formula is C16H17NS2. The highest BCUT2D eigenvalue weighted by Crippen LogP contribution is 2.35. The molecule has 0 aliphatic rings. The Kier molecular flexibility index (Phi) is 3.69. The average Bonchev–Trinajstić information content (AvgIpc) is 3.03. The molecule has 1 unspecified atom stereocenters. The molecule has 98 valence electrons. The van der Waals surface area contributed by atoms with Crippen molar-refractivity contribution in [2.75, 3.05) is 6.54 Å². The van der Waals surface area contributed by atoms with Gasteiger partial charge in [-0.05, 0) is 48.0 Å².